The lowest BCUT2D eigenvalue weighted by Crippen LogP contribution is -2.48. The van der Waals surface area contributed by atoms with Crippen molar-refractivity contribution >= 4 is 23.2 Å². The molecular weight excluding hydrogens is 333 g/mol. The molecule has 1 aliphatic heterocycles. The SMILES string of the molecule is O=C(NCCCC(=O)N1CC[C@@](O)(C(F)(F)F)C1)c1cccs1. The molecular formula is C14H17F3N2O3S. The van der Waals surface area contributed by atoms with Gasteiger partial charge in [0.2, 0.25) is 5.91 Å². The minimum absolute atomic E-state index is 0.0264. The van der Waals surface area contributed by atoms with Crippen molar-refractivity contribution in [3.8, 4) is 0 Å². The number of halogens is 3. The van der Waals surface area contributed by atoms with E-state index in [0.717, 1.165) is 4.90 Å². The Labute approximate surface area is 135 Å². The fourth-order valence-electron chi connectivity index (χ4n) is 2.33. The summed E-state index contributed by atoms with van der Waals surface area (Å²) < 4.78 is 38.0. The molecule has 0 aromatic carbocycles. The first kappa shape index (κ1) is 17.7. The number of amides is 2. The van der Waals surface area contributed by atoms with Gasteiger partial charge in [-0.1, -0.05) is 6.07 Å². The standard InChI is InChI=1S/C14H17F3N2O3S/c15-14(16,17)13(22)5-7-19(9-13)11(20)4-1-6-18-12(21)10-3-2-8-23-10/h2-3,8,22H,1,4-7,9H2,(H,18,21)/t13-/m0/s1. The Morgan fingerprint density at radius 1 is 1.43 bits per heavy atom. The molecule has 2 amide bonds. The predicted molar refractivity (Wildman–Crippen MR) is 78.1 cm³/mol. The predicted octanol–water partition coefficient (Wildman–Crippen LogP) is 1.78. The van der Waals surface area contributed by atoms with Crippen LogP contribution in [0, 0.1) is 0 Å². The molecule has 1 saturated heterocycles. The summed E-state index contributed by atoms with van der Waals surface area (Å²) in [7, 11) is 0. The van der Waals surface area contributed by atoms with E-state index in [1.165, 1.54) is 11.3 Å². The van der Waals surface area contributed by atoms with Gasteiger partial charge < -0.3 is 15.3 Å². The fraction of sp³-hybridized carbons (Fsp3) is 0.571. The zero-order valence-corrected chi connectivity index (χ0v) is 13.0. The van der Waals surface area contributed by atoms with Crippen LogP contribution in [0.2, 0.25) is 0 Å². The summed E-state index contributed by atoms with van der Waals surface area (Å²) in [4.78, 5) is 25.1. The molecule has 2 heterocycles. The lowest BCUT2D eigenvalue weighted by molar-refractivity contribution is -0.253. The van der Waals surface area contributed by atoms with Gasteiger partial charge in [-0.2, -0.15) is 13.2 Å². The van der Waals surface area contributed by atoms with Crippen molar-refractivity contribution in [1.29, 1.82) is 0 Å². The van der Waals surface area contributed by atoms with Gasteiger partial charge in [0.15, 0.2) is 5.60 Å². The quantitative estimate of drug-likeness (QED) is 0.796. The van der Waals surface area contributed by atoms with Crippen molar-refractivity contribution in [2.45, 2.75) is 31.0 Å². The molecule has 1 aliphatic rings. The van der Waals surface area contributed by atoms with E-state index in [9.17, 15) is 27.9 Å². The maximum atomic E-state index is 12.7. The normalized spacial score (nSPS) is 21.5. The van der Waals surface area contributed by atoms with E-state index < -0.39 is 30.7 Å². The highest BCUT2D eigenvalue weighted by molar-refractivity contribution is 7.12. The molecule has 2 rings (SSSR count). The van der Waals surface area contributed by atoms with Gasteiger partial charge in [-0.05, 0) is 17.9 Å². The molecule has 9 heteroatoms. The molecule has 2 N–H and O–H groups in total. The minimum Gasteiger partial charge on any atom is -0.379 e. The lowest BCUT2D eigenvalue weighted by Gasteiger charge is -2.25. The number of aliphatic hydroxyl groups is 1. The van der Waals surface area contributed by atoms with Gasteiger partial charge in [0, 0.05) is 25.9 Å². The van der Waals surface area contributed by atoms with Crippen LogP contribution in [0.5, 0.6) is 0 Å². The van der Waals surface area contributed by atoms with Crippen LogP contribution < -0.4 is 5.32 Å². The second-order valence-electron chi connectivity index (χ2n) is 5.43. The first-order valence-corrected chi connectivity index (χ1v) is 7.99. The highest BCUT2D eigenvalue weighted by atomic mass is 32.1. The fourth-order valence-corrected chi connectivity index (χ4v) is 2.97. The Hall–Kier alpha value is -1.61. The third-order valence-electron chi connectivity index (χ3n) is 3.73. The van der Waals surface area contributed by atoms with Crippen molar-refractivity contribution in [3.05, 3.63) is 22.4 Å². The summed E-state index contributed by atoms with van der Waals surface area (Å²) >= 11 is 1.30. The van der Waals surface area contributed by atoms with E-state index in [2.05, 4.69) is 5.32 Å². The van der Waals surface area contributed by atoms with E-state index >= 15 is 0 Å². The van der Waals surface area contributed by atoms with Crippen LogP contribution in [0.4, 0.5) is 13.2 Å². The second kappa shape index (κ2) is 6.88. The van der Waals surface area contributed by atoms with Crippen LogP contribution in [-0.2, 0) is 4.79 Å². The summed E-state index contributed by atoms with van der Waals surface area (Å²) in [5.41, 5.74) is -2.81. The third-order valence-corrected chi connectivity index (χ3v) is 4.59. The van der Waals surface area contributed by atoms with Gasteiger partial charge in [-0.15, -0.1) is 11.3 Å². The van der Waals surface area contributed by atoms with Crippen LogP contribution in [0.25, 0.3) is 0 Å². The number of hydrogen-bond acceptors (Lipinski definition) is 4. The largest absolute Gasteiger partial charge is 0.419 e. The Balaban J connectivity index is 1.71. The van der Waals surface area contributed by atoms with Crippen molar-refractivity contribution in [2.75, 3.05) is 19.6 Å². The summed E-state index contributed by atoms with van der Waals surface area (Å²) in [5, 5.41) is 13.9. The van der Waals surface area contributed by atoms with Gasteiger partial charge in [-0.25, -0.2) is 0 Å². The van der Waals surface area contributed by atoms with Gasteiger partial charge in [-0.3, -0.25) is 9.59 Å². The molecule has 0 spiro atoms. The Kier molecular flexibility index (Phi) is 5.30. The maximum absolute atomic E-state index is 12.7. The first-order chi connectivity index (χ1) is 10.7. The van der Waals surface area contributed by atoms with Crippen molar-refractivity contribution in [1.82, 2.24) is 10.2 Å². The van der Waals surface area contributed by atoms with Crippen LogP contribution >= 0.6 is 11.3 Å². The van der Waals surface area contributed by atoms with E-state index in [1.54, 1.807) is 17.5 Å². The average Bonchev–Trinajstić information content (AvgIpc) is 3.12. The van der Waals surface area contributed by atoms with Gasteiger partial charge in [0.05, 0.1) is 11.4 Å². The first-order valence-electron chi connectivity index (χ1n) is 7.11. The minimum atomic E-state index is -4.74. The molecule has 1 atom stereocenters. The Morgan fingerprint density at radius 3 is 2.74 bits per heavy atom. The number of carbonyl (C=O) groups is 2. The zero-order valence-electron chi connectivity index (χ0n) is 12.2. The van der Waals surface area contributed by atoms with Gasteiger partial charge in [0.25, 0.3) is 5.91 Å². The number of likely N-dealkylation sites (tertiary alicyclic amines) is 1. The highest BCUT2D eigenvalue weighted by Gasteiger charge is 2.57. The maximum Gasteiger partial charge on any atom is 0.419 e. The third kappa shape index (κ3) is 4.23. The monoisotopic (exact) mass is 350 g/mol. The average molecular weight is 350 g/mol. The smallest absolute Gasteiger partial charge is 0.379 e. The van der Waals surface area contributed by atoms with Crippen molar-refractivity contribution in [2.24, 2.45) is 0 Å². The molecule has 23 heavy (non-hydrogen) atoms. The van der Waals surface area contributed by atoms with E-state index in [0.29, 0.717) is 11.3 Å². The number of nitrogens with one attached hydrogen (secondary N) is 1. The zero-order chi connectivity index (χ0) is 17.1. The van der Waals surface area contributed by atoms with Gasteiger partial charge >= 0.3 is 6.18 Å². The summed E-state index contributed by atoms with van der Waals surface area (Å²) in [5.74, 6) is -0.685. The Morgan fingerprint density at radius 2 is 2.17 bits per heavy atom. The molecule has 0 radical (unpaired) electrons. The number of carbonyl (C=O) groups excluding carboxylic acids is 2. The molecule has 1 aromatic rings. The number of nitrogens with zero attached hydrogens (tertiary/aromatic N) is 1. The van der Waals surface area contributed by atoms with Crippen LogP contribution in [0.15, 0.2) is 17.5 Å². The van der Waals surface area contributed by atoms with Crippen LogP contribution in [-0.4, -0.2) is 53.2 Å². The second-order valence-corrected chi connectivity index (χ2v) is 6.38. The van der Waals surface area contributed by atoms with Crippen molar-refractivity contribution < 1.29 is 27.9 Å². The summed E-state index contributed by atoms with van der Waals surface area (Å²) in [6.07, 6.45) is -4.89. The van der Waals surface area contributed by atoms with E-state index in [-0.39, 0.29) is 25.4 Å². The van der Waals surface area contributed by atoms with E-state index in [1.807, 2.05) is 0 Å². The molecule has 1 aromatic heterocycles. The van der Waals surface area contributed by atoms with E-state index in [4.69, 9.17) is 0 Å². The topological polar surface area (TPSA) is 69.6 Å². The molecule has 0 saturated carbocycles. The van der Waals surface area contributed by atoms with Crippen LogP contribution in [0.1, 0.15) is 28.9 Å². The summed E-state index contributed by atoms with van der Waals surface area (Å²) in [6, 6.07) is 3.42. The molecule has 1 fully saturated rings. The van der Waals surface area contributed by atoms with Crippen LogP contribution in [0.3, 0.4) is 0 Å². The molecule has 0 aliphatic carbocycles. The molecule has 5 nitrogen and oxygen atoms in total. The molecule has 128 valence electrons. The van der Waals surface area contributed by atoms with Gasteiger partial charge in [0.1, 0.15) is 0 Å². The highest BCUT2D eigenvalue weighted by Crippen LogP contribution is 2.37. The number of thiophene rings is 1. The molecule has 0 unspecified atom stereocenters. The number of β-amino-alcohol motifs (C(OH)–C–C–N with tert-alkyl or cyclic N) is 1. The number of rotatable bonds is 5. The summed E-state index contributed by atoms with van der Waals surface area (Å²) in [6.45, 7) is -0.576. The molecule has 0 bridgehead atoms. The lowest BCUT2D eigenvalue weighted by atomic mass is 10.0. The Bertz CT molecular complexity index is 562. The number of hydrogen-bond donors (Lipinski definition) is 2. The van der Waals surface area contributed by atoms with Crippen molar-refractivity contribution in [3.63, 3.8) is 0 Å². The number of alkyl halides is 3.